The lowest BCUT2D eigenvalue weighted by Crippen LogP contribution is -2.50. The van der Waals surface area contributed by atoms with Gasteiger partial charge < -0.3 is 19.5 Å². The Kier molecular flexibility index (Phi) is 19.8. The SMILES string of the molecule is CC#N.CC(C)(C)OC(=O)CN1CCN(CC(=O)NCc2ccc(C(C)(C)C)cc2)CCN(CC(=O)OC(C)(C)C)CCN(CC(=O)OC(C)(C)C)CC1. The molecule has 1 fully saturated rings. The average molecular weight is 759 g/mol. The quantitative estimate of drug-likeness (QED) is 0.267. The Morgan fingerprint density at radius 3 is 1.11 bits per heavy atom. The zero-order chi connectivity index (χ0) is 41.3. The lowest BCUT2D eigenvalue weighted by molar-refractivity contribution is -0.158. The molecule has 0 unspecified atom stereocenters. The Morgan fingerprint density at radius 2 is 0.852 bits per heavy atom. The number of nitrogens with zero attached hydrogens (tertiary/aromatic N) is 5. The molecule has 13 nitrogen and oxygen atoms in total. The number of hydrogen-bond acceptors (Lipinski definition) is 12. The summed E-state index contributed by atoms with van der Waals surface area (Å²) < 4.78 is 16.9. The molecular formula is C41H70N6O7. The van der Waals surface area contributed by atoms with Crippen LogP contribution in [0.5, 0.6) is 0 Å². The molecule has 1 aromatic carbocycles. The van der Waals surface area contributed by atoms with Gasteiger partial charge in [0.2, 0.25) is 5.91 Å². The zero-order valence-corrected chi connectivity index (χ0v) is 35.6. The van der Waals surface area contributed by atoms with E-state index in [4.69, 9.17) is 19.5 Å². The summed E-state index contributed by atoms with van der Waals surface area (Å²) in [6.07, 6.45) is 0. The van der Waals surface area contributed by atoms with Gasteiger partial charge in [0.05, 0.1) is 32.2 Å². The Labute approximate surface area is 325 Å². The third-order valence-electron chi connectivity index (χ3n) is 7.92. The summed E-state index contributed by atoms with van der Waals surface area (Å²) in [4.78, 5) is 60.1. The molecule has 2 rings (SSSR count). The molecule has 0 bridgehead atoms. The van der Waals surface area contributed by atoms with Crippen LogP contribution in [0.1, 0.15) is 101 Å². The van der Waals surface area contributed by atoms with Crippen LogP contribution in [0.4, 0.5) is 0 Å². The second-order valence-electron chi connectivity index (χ2n) is 17.8. The Hall–Kier alpha value is -3.57. The van der Waals surface area contributed by atoms with Gasteiger partial charge in [-0.3, -0.25) is 38.8 Å². The summed E-state index contributed by atoms with van der Waals surface area (Å²) in [5, 5.41) is 10.4. The summed E-state index contributed by atoms with van der Waals surface area (Å²) in [6.45, 7) is 29.2. The van der Waals surface area contributed by atoms with Crippen molar-refractivity contribution in [2.24, 2.45) is 0 Å². The van der Waals surface area contributed by atoms with Crippen LogP contribution in [0.25, 0.3) is 0 Å². The molecule has 0 saturated carbocycles. The van der Waals surface area contributed by atoms with Crippen molar-refractivity contribution in [3.8, 4) is 6.07 Å². The van der Waals surface area contributed by atoms with Crippen LogP contribution in [-0.4, -0.2) is 139 Å². The predicted molar refractivity (Wildman–Crippen MR) is 212 cm³/mol. The molecule has 306 valence electrons. The second kappa shape index (κ2) is 22.1. The number of rotatable bonds is 10. The number of esters is 3. The molecule has 1 heterocycles. The maximum Gasteiger partial charge on any atom is 0.320 e. The van der Waals surface area contributed by atoms with E-state index in [-0.39, 0.29) is 55.4 Å². The first-order valence-electron chi connectivity index (χ1n) is 19.0. The van der Waals surface area contributed by atoms with Gasteiger partial charge in [-0.25, -0.2) is 0 Å². The van der Waals surface area contributed by atoms with Gasteiger partial charge in [0.25, 0.3) is 0 Å². The monoisotopic (exact) mass is 759 g/mol. The molecule has 1 aliphatic heterocycles. The first-order chi connectivity index (χ1) is 24.8. The van der Waals surface area contributed by atoms with E-state index in [2.05, 4.69) is 43.1 Å². The van der Waals surface area contributed by atoms with E-state index in [1.165, 1.54) is 12.5 Å². The summed E-state index contributed by atoms with van der Waals surface area (Å²) in [6, 6.07) is 10.1. The molecule has 1 saturated heterocycles. The molecule has 0 atom stereocenters. The maximum atomic E-state index is 13.3. The fourth-order valence-corrected chi connectivity index (χ4v) is 5.46. The largest absolute Gasteiger partial charge is 0.459 e. The van der Waals surface area contributed by atoms with Crippen LogP contribution < -0.4 is 5.32 Å². The van der Waals surface area contributed by atoms with Gasteiger partial charge in [0.15, 0.2) is 0 Å². The first-order valence-corrected chi connectivity index (χ1v) is 19.0. The molecule has 1 amide bonds. The van der Waals surface area contributed by atoms with Crippen molar-refractivity contribution in [3.05, 3.63) is 35.4 Å². The minimum Gasteiger partial charge on any atom is -0.459 e. The van der Waals surface area contributed by atoms with E-state index >= 15 is 0 Å². The lowest BCUT2D eigenvalue weighted by atomic mass is 9.87. The van der Waals surface area contributed by atoms with Crippen molar-refractivity contribution < 1.29 is 33.4 Å². The van der Waals surface area contributed by atoms with Crippen LogP contribution in [0.2, 0.25) is 0 Å². The van der Waals surface area contributed by atoms with Crippen LogP contribution in [0.3, 0.4) is 0 Å². The van der Waals surface area contributed by atoms with Gasteiger partial charge in [-0.05, 0) is 78.9 Å². The van der Waals surface area contributed by atoms with Gasteiger partial charge in [-0.15, -0.1) is 0 Å². The number of nitrogens with one attached hydrogen (secondary N) is 1. The molecule has 0 radical (unpaired) electrons. The van der Waals surface area contributed by atoms with E-state index in [1.54, 1.807) is 6.07 Å². The highest BCUT2D eigenvalue weighted by atomic mass is 16.6. The Balaban J connectivity index is 0.00000469. The predicted octanol–water partition coefficient (Wildman–Crippen LogP) is 4.38. The van der Waals surface area contributed by atoms with Gasteiger partial charge in [-0.2, -0.15) is 5.26 Å². The fraction of sp³-hybridized carbons (Fsp3) is 0.732. The van der Waals surface area contributed by atoms with Crippen LogP contribution in [-0.2, 0) is 45.3 Å². The molecule has 1 aromatic rings. The van der Waals surface area contributed by atoms with Gasteiger partial charge in [0.1, 0.15) is 16.8 Å². The number of carbonyl (C=O) groups is 4. The normalized spacial score (nSPS) is 16.4. The summed E-state index contributed by atoms with van der Waals surface area (Å²) in [7, 11) is 0. The van der Waals surface area contributed by atoms with E-state index in [0.29, 0.717) is 58.9 Å². The summed E-state index contributed by atoms with van der Waals surface area (Å²) >= 11 is 0. The van der Waals surface area contributed by atoms with Crippen LogP contribution in [0, 0.1) is 11.3 Å². The fourth-order valence-electron chi connectivity index (χ4n) is 5.46. The first kappa shape index (κ1) is 48.4. The summed E-state index contributed by atoms with van der Waals surface area (Å²) in [5.74, 6) is -1.12. The van der Waals surface area contributed by atoms with Crippen molar-refractivity contribution >= 4 is 23.8 Å². The lowest BCUT2D eigenvalue weighted by Gasteiger charge is -2.34. The number of amides is 1. The summed E-state index contributed by atoms with van der Waals surface area (Å²) in [5.41, 5.74) is 0.433. The number of nitriles is 1. The van der Waals surface area contributed by atoms with E-state index in [0.717, 1.165) is 5.56 Å². The van der Waals surface area contributed by atoms with Gasteiger partial charge in [0, 0.05) is 65.8 Å². The van der Waals surface area contributed by atoms with E-state index in [9.17, 15) is 19.2 Å². The highest BCUT2D eigenvalue weighted by Crippen LogP contribution is 2.22. The van der Waals surface area contributed by atoms with Crippen molar-refractivity contribution in [2.45, 2.75) is 119 Å². The Bertz CT molecular complexity index is 1320. The van der Waals surface area contributed by atoms with Gasteiger partial charge >= 0.3 is 17.9 Å². The van der Waals surface area contributed by atoms with Crippen LogP contribution >= 0.6 is 0 Å². The molecule has 1 aliphatic rings. The number of benzene rings is 1. The molecular weight excluding hydrogens is 688 g/mol. The van der Waals surface area contributed by atoms with Crippen molar-refractivity contribution in [3.63, 3.8) is 0 Å². The molecule has 0 aromatic heterocycles. The molecule has 0 aliphatic carbocycles. The van der Waals surface area contributed by atoms with E-state index < -0.39 is 16.8 Å². The molecule has 0 spiro atoms. The smallest absolute Gasteiger partial charge is 0.320 e. The molecule has 13 heteroatoms. The minimum atomic E-state index is -0.624. The molecule has 1 N–H and O–H groups in total. The van der Waals surface area contributed by atoms with Crippen molar-refractivity contribution in [2.75, 3.05) is 78.5 Å². The number of carbonyl (C=O) groups excluding carboxylic acids is 4. The highest BCUT2D eigenvalue weighted by Gasteiger charge is 2.26. The van der Waals surface area contributed by atoms with Crippen molar-refractivity contribution in [1.29, 1.82) is 5.26 Å². The second-order valence-corrected chi connectivity index (χ2v) is 17.8. The average Bonchev–Trinajstić information content (AvgIpc) is 2.98. The van der Waals surface area contributed by atoms with Crippen molar-refractivity contribution in [1.82, 2.24) is 24.9 Å². The van der Waals surface area contributed by atoms with Gasteiger partial charge in [-0.1, -0.05) is 45.0 Å². The highest BCUT2D eigenvalue weighted by molar-refractivity contribution is 5.78. The van der Waals surface area contributed by atoms with Crippen LogP contribution in [0.15, 0.2) is 24.3 Å². The number of ether oxygens (including phenoxy) is 3. The Morgan fingerprint density at radius 1 is 0.574 bits per heavy atom. The molecule has 54 heavy (non-hydrogen) atoms. The third kappa shape index (κ3) is 23.3. The standard InChI is InChI=1S/C39H67N5O7.C2H3N/c1-36(2,3)31-15-13-30(14-16-31)25-40-32(45)26-41-17-19-42(27-33(46)49-37(4,5)6)21-23-44(29-35(48)51-39(10,11)12)24-22-43(20-18-41)28-34(47)50-38(7,8)9;1-2-3/h13-16H,17-29H2,1-12H3,(H,40,45);1H3. The minimum absolute atomic E-state index is 0.0495. The third-order valence-corrected chi connectivity index (χ3v) is 7.92. The maximum absolute atomic E-state index is 13.3. The van der Waals surface area contributed by atoms with E-state index in [1.807, 2.05) is 89.1 Å². The number of hydrogen-bond donors (Lipinski definition) is 1. The zero-order valence-electron chi connectivity index (χ0n) is 35.6. The topological polar surface area (TPSA) is 145 Å².